The Balaban J connectivity index is 3.28. The fourth-order valence-electron chi connectivity index (χ4n) is 1.66. The molecule has 0 radical (unpaired) electrons. The Kier molecular flexibility index (Phi) is 2.96. The van der Waals surface area contributed by atoms with E-state index in [-0.39, 0.29) is 5.41 Å². The zero-order valence-electron chi connectivity index (χ0n) is 9.33. The minimum Gasteiger partial charge on any atom is -0.197 e. The monoisotopic (exact) mass is 187 g/mol. The molecule has 0 fully saturated rings. The number of hydrogen-bond acceptors (Lipinski definition) is 1. The topological polar surface area (TPSA) is 23.8 Å². The quantitative estimate of drug-likeness (QED) is 0.695. The van der Waals surface area contributed by atoms with Gasteiger partial charge < -0.3 is 0 Å². The van der Waals surface area contributed by atoms with Crippen LogP contribution in [0.2, 0.25) is 0 Å². The van der Waals surface area contributed by atoms with E-state index >= 15 is 0 Å². The molecule has 0 aliphatic heterocycles. The van der Waals surface area contributed by atoms with Crippen molar-refractivity contribution < 1.29 is 0 Å². The Hall–Kier alpha value is -1.29. The van der Waals surface area contributed by atoms with Crippen LogP contribution in [0.4, 0.5) is 0 Å². The van der Waals surface area contributed by atoms with Gasteiger partial charge in [0.2, 0.25) is 0 Å². The van der Waals surface area contributed by atoms with Gasteiger partial charge in [-0.05, 0) is 30.9 Å². The average molecular weight is 187 g/mol. The van der Waals surface area contributed by atoms with Crippen LogP contribution in [0.1, 0.15) is 31.9 Å². The van der Waals surface area contributed by atoms with Gasteiger partial charge in [0.1, 0.15) is 0 Å². The standard InChI is InChI=1S/C13H17N/c1-10(2)13(4,9-14)12-8-6-5-7-11(12)3/h5-8,10H,1-4H3. The van der Waals surface area contributed by atoms with E-state index in [1.54, 1.807) is 0 Å². The molecule has 1 aromatic carbocycles. The molecule has 0 N–H and O–H groups in total. The van der Waals surface area contributed by atoms with Gasteiger partial charge in [0, 0.05) is 0 Å². The Labute approximate surface area is 86.4 Å². The van der Waals surface area contributed by atoms with Crippen LogP contribution in [-0.4, -0.2) is 0 Å². The van der Waals surface area contributed by atoms with Crippen molar-refractivity contribution >= 4 is 0 Å². The summed E-state index contributed by atoms with van der Waals surface area (Å²) in [4.78, 5) is 0. The number of aryl methyl sites for hydroxylation is 1. The largest absolute Gasteiger partial charge is 0.197 e. The van der Waals surface area contributed by atoms with E-state index in [1.807, 2.05) is 19.1 Å². The molecule has 1 nitrogen and oxygen atoms in total. The number of nitrogens with zero attached hydrogens (tertiary/aromatic N) is 1. The second-order valence-electron chi connectivity index (χ2n) is 4.28. The van der Waals surface area contributed by atoms with Crippen LogP contribution < -0.4 is 0 Å². The molecule has 1 atom stereocenters. The summed E-state index contributed by atoms with van der Waals surface area (Å²) in [5.74, 6) is 0.327. The number of rotatable bonds is 2. The van der Waals surface area contributed by atoms with E-state index in [2.05, 4.69) is 39.0 Å². The summed E-state index contributed by atoms with van der Waals surface area (Å²) < 4.78 is 0. The second-order valence-corrected chi connectivity index (χ2v) is 4.28. The predicted octanol–water partition coefficient (Wildman–Crippen LogP) is 3.43. The molecule has 0 amide bonds. The third-order valence-electron chi connectivity index (χ3n) is 3.09. The summed E-state index contributed by atoms with van der Waals surface area (Å²) in [6, 6.07) is 10.6. The molecule has 0 saturated carbocycles. The fraction of sp³-hybridized carbons (Fsp3) is 0.462. The van der Waals surface area contributed by atoms with Crippen molar-refractivity contribution in [3.8, 4) is 6.07 Å². The van der Waals surface area contributed by atoms with Gasteiger partial charge in [0.15, 0.2) is 0 Å². The van der Waals surface area contributed by atoms with E-state index in [1.165, 1.54) is 5.56 Å². The molecule has 0 aliphatic rings. The lowest BCUT2D eigenvalue weighted by molar-refractivity contribution is 0.429. The van der Waals surface area contributed by atoms with Crippen LogP contribution in [0.3, 0.4) is 0 Å². The normalized spacial score (nSPS) is 14.9. The summed E-state index contributed by atoms with van der Waals surface area (Å²) >= 11 is 0. The second kappa shape index (κ2) is 3.84. The maximum Gasteiger partial charge on any atom is 0.0819 e. The minimum absolute atomic E-state index is 0.327. The number of hydrogen-bond donors (Lipinski definition) is 0. The van der Waals surface area contributed by atoms with Gasteiger partial charge in [-0.3, -0.25) is 0 Å². The van der Waals surface area contributed by atoms with E-state index in [4.69, 9.17) is 0 Å². The van der Waals surface area contributed by atoms with Crippen LogP contribution in [0.15, 0.2) is 24.3 Å². The maximum absolute atomic E-state index is 9.28. The van der Waals surface area contributed by atoms with Gasteiger partial charge in [0.25, 0.3) is 0 Å². The van der Waals surface area contributed by atoms with Crippen molar-refractivity contribution in [1.82, 2.24) is 0 Å². The SMILES string of the molecule is Cc1ccccc1C(C)(C#N)C(C)C. The lowest BCUT2D eigenvalue weighted by atomic mass is 9.73. The third-order valence-corrected chi connectivity index (χ3v) is 3.09. The highest BCUT2D eigenvalue weighted by atomic mass is 14.4. The Morgan fingerprint density at radius 3 is 2.29 bits per heavy atom. The maximum atomic E-state index is 9.28. The molecule has 0 saturated heterocycles. The third kappa shape index (κ3) is 1.65. The number of nitriles is 1. The highest BCUT2D eigenvalue weighted by molar-refractivity contribution is 5.38. The van der Waals surface area contributed by atoms with E-state index < -0.39 is 0 Å². The molecule has 74 valence electrons. The average Bonchev–Trinajstić information content (AvgIpc) is 2.17. The zero-order valence-corrected chi connectivity index (χ0v) is 9.33. The van der Waals surface area contributed by atoms with Gasteiger partial charge in [-0.1, -0.05) is 38.1 Å². The van der Waals surface area contributed by atoms with Crippen molar-refractivity contribution in [2.75, 3.05) is 0 Å². The van der Waals surface area contributed by atoms with Gasteiger partial charge in [-0.2, -0.15) is 5.26 Å². The van der Waals surface area contributed by atoms with Gasteiger partial charge >= 0.3 is 0 Å². The van der Waals surface area contributed by atoms with Crippen molar-refractivity contribution in [1.29, 1.82) is 5.26 Å². The Morgan fingerprint density at radius 2 is 1.86 bits per heavy atom. The molecule has 0 spiro atoms. The van der Waals surface area contributed by atoms with Crippen molar-refractivity contribution in [3.63, 3.8) is 0 Å². The smallest absolute Gasteiger partial charge is 0.0819 e. The highest BCUT2D eigenvalue weighted by Gasteiger charge is 2.31. The molecule has 0 aliphatic carbocycles. The first-order valence-electron chi connectivity index (χ1n) is 4.99. The first-order valence-corrected chi connectivity index (χ1v) is 4.99. The predicted molar refractivity (Wildman–Crippen MR) is 59.0 cm³/mol. The lowest BCUT2D eigenvalue weighted by Crippen LogP contribution is -2.27. The summed E-state index contributed by atoms with van der Waals surface area (Å²) in [7, 11) is 0. The van der Waals surface area contributed by atoms with Crippen LogP contribution in [0.5, 0.6) is 0 Å². The highest BCUT2D eigenvalue weighted by Crippen LogP contribution is 2.32. The molecule has 14 heavy (non-hydrogen) atoms. The van der Waals surface area contributed by atoms with Crippen LogP contribution in [0, 0.1) is 24.2 Å². The molecule has 0 aromatic heterocycles. The summed E-state index contributed by atoms with van der Waals surface area (Å²) in [5, 5.41) is 9.28. The fourth-order valence-corrected chi connectivity index (χ4v) is 1.66. The van der Waals surface area contributed by atoms with Crippen LogP contribution in [0.25, 0.3) is 0 Å². The van der Waals surface area contributed by atoms with Crippen molar-refractivity contribution in [3.05, 3.63) is 35.4 Å². The molecule has 1 aromatic rings. The van der Waals surface area contributed by atoms with E-state index in [0.717, 1.165) is 5.56 Å². The van der Waals surface area contributed by atoms with Crippen molar-refractivity contribution in [2.45, 2.75) is 33.1 Å². The van der Waals surface area contributed by atoms with Crippen LogP contribution >= 0.6 is 0 Å². The zero-order chi connectivity index (χ0) is 10.8. The Bertz CT molecular complexity index is 360. The summed E-state index contributed by atoms with van der Waals surface area (Å²) in [6.07, 6.45) is 0. The number of benzene rings is 1. The molecule has 1 heteroatoms. The van der Waals surface area contributed by atoms with E-state index in [9.17, 15) is 5.26 Å². The lowest BCUT2D eigenvalue weighted by Gasteiger charge is -2.28. The molecular formula is C13H17N. The first kappa shape index (κ1) is 10.8. The van der Waals surface area contributed by atoms with Gasteiger partial charge in [-0.25, -0.2) is 0 Å². The summed E-state index contributed by atoms with van der Waals surface area (Å²) in [6.45, 7) is 8.26. The van der Waals surface area contributed by atoms with E-state index in [0.29, 0.717) is 5.92 Å². The first-order chi connectivity index (χ1) is 6.52. The molecule has 0 bridgehead atoms. The molecule has 1 unspecified atom stereocenters. The Morgan fingerprint density at radius 1 is 1.29 bits per heavy atom. The molecule has 1 rings (SSSR count). The minimum atomic E-state index is -0.370. The van der Waals surface area contributed by atoms with Crippen LogP contribution in [-0.2, 0) is 5.41 Å². The summed E-state index contributed by atoms with van der Waals surface area (Å²) in [5.41, 5.74) is 1.98. The van der Waals surface area contributed by atoms with Gasteiger partial charge in [-0.15, -0.1) is 0 Å². The van der Waals surface area contributed by atoms with Crippen molar-refractivity contribution in [2.24, 2.45) is 5.92 Å². The molecule has 0 heterocycles. The molecular weight excluding hydrogens is 170 g/mol. The van der Waals surface area contributed by atoms with Gasteiger partial charge in [0.05, 0.1) is 11.5 Å².